The number of ether oxygens (including phenoxy) is 1. The second kappa shape index (κ2) is 10.7. The van der Waals surface area contributed by atoms with Crippen LogP contribution in [-0.4, -0.2) is 39.7 Å². The van der Waals surface area contributed by atoms with Gasteiger partial charge in [0.1, 0.15) is 11.6 Å². The van der Waals surface area contributed by atoms with Gasteiger partial charge in [0.25, 0.3) is 5.56 Å². The van der Waals surface area contributed by atoms with Gasteiger partial charge >= 0.3 is 11.9 Å². The molecule has 0 fully saturated rings. The smallest absolute Gasteiger partial charge is 0.345 e. The number of aromatic amines is 1. The number of carboxylic acids is 1. The number of thioether (sulfide) groups is 1. The van der Waals surface area contributed by atoms with Crippen molar-refractivity contribution in [3.05, 3.63) is 81.8 Å². The van der Waals surface area contributed by atoms with Crippen molar-refractivity contribution >= 4 is 23.7 Å². The molecular formula is C23H23N3O5S. The Kier molecular flexibility index (Phi) is 7.80. The van der Waals surface area contributed by atoms with E-state index in [1.165, 1.54) is 18.0 Å². The third-order valence-corrected chi connectivity index (χ3v) is 5.62. The van der Waals surface area contributed by atoms with Crippen molar-refractivity contribution in [2.75, 3.05) is 6.61 Å². The zero-order valence-corrected chi connectivity index (χ0v) is 18.2. The zero-order chi connectivity index (χ0) is 23.1. The molecule has 2 aromatic carbocycles. The molecule has 0 aliphatic rings. The van der Waals surface area contributed by atoms with E-state index in [2.05, 4.69) is 9.97 Å². The van der Waals surface area contributed by atoms with Gasteiger partial charge < -0.3 is 20.6 Å². The molecule has 0 saturated carbocycles. The molecule has 0 aliphatic heterocycles. The number of aliphatic carboxylic acids is 1. The highest BCUT2D eigenvalue weighted by molar-refractivity contribution is 7.98. The number of carbonyl (C=O) groups is 2. The van der Waals surface area contributed by atoms with E-state index in [0.29, 0.717) is 10.9 Å². The van der Waals surface area contributed by atoms with Gasteiger partial charge in [-0.05, 0) is 35.6 Å². The highest BCUT2D eigenvalue weighted by Crippen LogP contribution is 2.23. The summed E-state index contributed by atoms with van der Waals surface area (Å²) in [6.45, 7) is 1.86. The lowest BCUT2D eigenvalue weighted by atomic mass is 10.0. The molecule has 8 nitrogen and oxygen atoms in total. The Hall–Kier alpha value is -3.43. The van der Waals surface area contributed by atoms with Gasteiger partial charge in [-0.2, -0.15) is 0 Å². The van der Waals surface area contributed by atoms with Gasteiger partial charge in [-0.15, -0.1) is 0 Å². The van der Waals surface area contributed by atoms with Crippen LogP contribution in [0.15, 0.2) is 64.7 Å². The number of esters is 1. The molecule has 0 amide bonds. The SMILES string of the molecule is CCOC(=O)c1cnc(SCc2ccc(-c3ccc(CC(N)C(=O)O)cc3)cc2)[nH]c1=O. The molecule has 4 N–H and O–H groups in total. The quantitative estimate of drug-likeness (QED) is 0.256. The predicted octanol–water partition coefficient (Wildman–Crippen LogP) is 2.86. The van der Waals surface area contributed by atoms with Crippen LogP contribution >= 0.6 is 11.8 Å². The summed E-state index contributed by atoms with van der Waals surface area (Å²) in [5.41, 5.74) is 8.89. The van der Waals surface area contributed by atoms with E-state index in [9.17, 15) is 14.4 Å². The fourth-order valence-corrected chi connectivity index (χ4v) is 3.71. The molecule has 166 valence electrons. The molecule has 3 aromatic rings. The van der Waals surface area contributed by atoms with Gasteiger partial charge in [0.05, 0.1) is 6.61 Å². The van der Waals surface area contributed by atoms with Gasteiger partial charge in [0.2, 0.25) is 0 Å². The van der Waals surface area contributed by atoms with Crippen LogP contribution in [0.2, 0.25) is 0 Å². The fourth-order valence-electron chi connectivity index (χ4n) is 2.93. The minimum atomic E-state index is -1.02. The number of aromatic nitrogens is 2. The summed E-state index contributed by atoms with van der Waals surface area (Å²) in [5.74, 6) is -1.11. The van der Waals surface area contributed by atoms with Crippen molar-refractivity contribution in [2.24, 2.45) is 5.73 Å². The monoisotopic (exact) mass is 453 g/mol. The lowest BCUT2D eigenvalue weighted by molar-refractivity contribution is -0.138. The standard InChI is InChI=1S/C23H23N3O5S/c1-2-31-22(30)18-12-25-23(26-20(18)27)32-13-15-5-9-17(10-6-15)16-7-3-14(4-8-16)11-19(24)21(28)29/h3-10,12,19H,2,11,13,24H2,1H3,(H,28,29)(H,25,26,27). The first-order chi connectivity index (χ1) is 15.4. The van der Waals surface area contributed by atoms with E-state index in [4.69, 9.17) is 15.6 Å². The lowest BCUT2D eigenvalue weighted by Gasteiger charge is -2.08. The molecule has 9 heteroatoms. The second-order valence-electron chi connectivity index (χ2n) is 6.98. The van der Waals surface area contributed by atoms with E-state index >= 15 is 0 Å². The van der Waals surface area contributed by atoms with Crippen molar-refractivity contribution in [3.63, 3.8) is 0 Å². The van der Waals surface area contributed by atoms with Crippen LogP contribution in [0.3, 0.4) is 0 Å². The maximum Gasteiger partial charge on any atom is 0.345 e. The Bertz CT molecular complexity index is 1140. The van der Waals surface area contributed by atoms with Crippen LogP contribution in [0.1, 0.15) is 28.4 Å². The molecule has 0 saturated heterocycles. The number of H-pyrrole nitrogens is 1. The highest BCUT2D eigenvalue weighted by Gasteiger charge is 2.13. The van der Waals surface area contributed by atoms with Gasteiger partial charge in [-0.25, -0.2) is 9.78 Å². The largest absolute Gasteiger partial charge is 0.480 e. The fraction of sp³-hybridized carbons (Fsp3) is 0.217. The molecule has 1 unspecified atom stereocenters. The van der Waals surface area contributed by atoms with Crippen LogP contribution in [0.5, 0.6) is 0 Å². The van der Waals surface area contributed by atoms with Crippen molar-refractivity contribution in [2.45, 2.75) is 30.3 Å². The first-order valence-corrected chi connectivity index (χ1v) is 10.9. The molecule has 32 heavy (non-hydrogen) atoms. The summed E-state index contributed by atoms with van der Waals surface area (Å²) in [4.78, 5) is 41.3. The first kappa shape index (κ1) is 23.2. The summed E-state index contributed by atoms with van der Waals surface area (Å²) < 4.78 is 4.82. The summed E-state index contributed by atoms with van der Waals surface area (Å²) in [6.07, 6.45) is 1.51. The average Bonchev–Trinajstić information content (AvgIpc) is 2.78. The van der Waals surface area contributed by atoms with Gasteiger partial charge in [0, 0.05) is 11.9 Å². The number of rotatable bonds is 9. The molecule has 0 spiro atoms. The molecule has 0 aliphatic carbocycles. The van der Waals surface area contributed by atoms with Gasteiger partial charge in [0.15, 0.2) is 5.16 Å². The minimum Gasteiger partial charge on any atom is -0.480 e. The Morgan fingerprint density at radius 1 is 1.09 bits per heavy atom. The number of nitrogens with two attached hydrogens (primary N) is 1. The van der Waals surface area contributed by atoms with Crippen LogP contribution < -0.4 is 11.3 Å². The zero-order valence-electron chi connectivity index (χ0n) is 17.4. The first-order valence-electron chi connectivity index (χ1n) is 9.93. The molecule has 1 aromatic heterocycles. The number of hydrogen-bond acceptors (Lipinski definition) is 7. The van der Waals surface area contributed by atoms with Gasteiger partial charge in [-0.3, -0.25) is 9.59 Å². The molecular weight excluding hydrogens is 430 g/mol. The predicted molar refractivity (Wildman–Crippen MR) is 122 cm³/mol. The highest BCUT2D eigenvalue weighted by atomic mass is 32.2. The van der Waals surface area contributed by atoms with E-state index in [1.807, 2.05) is 48.5 Å². The summed E-state index contributed by atoms with van der Waals surface area (Å²) in [6, 6.07) is 14.7. The van der Waals surface area contributed by atoms with Crippen molar-refractivity contribution in [3.8, 4) is 11.1 Å². The number of benzene rings is 2. The summed E-state index contributed by atoms with van der Waals surface area (Å²) in [7, 11) is 0. The Labute approximate surface area is 188 Å². The number of nitrogens with zero attached hydrogens (tertiary/aromatic N) is 1. The molecule has 0 bridgehead atoms. The number of carboxylic acid groups (broad SMARTS) is 1. The topological polar surface area (TPSA) is 135 Å². The van der Waals surface area contributed by atoms with E-state index in [1.54, 1.807) is 6.92 Å². The summed E-state index contributed by atoms with van der Waals surface area (Å²) in [5, 5.41) is 9.34. The van der Waals surface area contributed by atoms with E-state index in [-0.39, 0.29) is 18.6 Å². The third-order valence-electron chi connectivity index (χ3n) is 4.66. The van der Waals surface area contributed by atoms with Crippen LogP contribution in [0, 0.1) is 0 Å². The molecule has 0 radical (unpaired) electrons. The number of hydrogen-bond donors (Lipinski definition) is 3. The van der Waals surface area contributed by atoms with E-state index in [0.717, 1.165) is 22.3 Å². The third kappa shape index (κ3) is 6.05. The summed E-state index contributed by atoms with van der Waals surface area (Å²) >= 11 is 1.35. The lowest BCUT2D eigenvalue weighted by Crippen LogP contribution is -2.32. The second-order valence-corrected chi connectivity index (χ2v) is 7.95. The maximum absolute atomic E-state index is 12.0. The van der Waals surface area contributed by atoms with Crippen molar-refractivity contribution in [1.82, 2.24) is 9.97 Å². The van der Waals surface area contributed by atoms with Crippen LogP contribution in [-0.2, 0) is 21.7 Å². The van der Waals surface area contributed by atoms with Crippen molar-refractivity contribution in [1.29, 1.82) is 0 Å². The molecule has 3 rings (SSSR count). The molecule has 1 atom stereocenters. The molecule has 1 heterocycles. The minimum absolute atomic E-state index is 0.114. The van der Waals surface area contributed by atoms with E-state index < -0.39 is 23.5 Å². The van der Waals surface area contributed by atoms with Gasteiger partial charge in [-0.1, -0.05) is 60.3 Å². The number of carbonyl (C=O) groups excluding carboxylic acids is 1. The Morgan fingerprint density at radius 3 is 2.22 bits per heavy atom. The Morgan fingerprint density at radius 2 is 1.69 bits per heavy atom. The average molecular weight is 454 g/mol. The van der Waals surface area contributed by atoms with Crippen LogP contribution in [0.4, 0.5) is 0 Å². The normalized spacial score (nSPS) is 11.7. The number of nitrogens with one attached hydrogen (secondary N) is 1. The van der Waals surface area contributed by atoms with Crippen LogP contribution in [0.25, 0.3) is 11.1 Å². The maximum atomic E-state index is 12.0. The Balaban J connectivity index is 1.60. The van der Waals surface area contributed by atoms with Crippen molar-refractivity contribution < 1.29 is 19.4 Å².